The van der Waals surface area contributed by atoms with E-state index in [-0.39, 0.29) is 18.2 Å². The van der Waals surface area contributed by atoms with Gasteiger partial charge in [-0.15, -0.1) is 0 Å². The molecule has 162 valence electrons. The van der Waals surface area contributed by atoms with Gasteiger partial charge in [0.2, 0.25) is 6.79 Å². The number of carbonyl (C=O) groups is 1. The summed E-state index contributed by atoms with van der Waals surface area (Å²) in [6.07, 6.45) is 1.41. The van der Waals surface area contributed by atoms with E-state index in [1.165, 1.54) is 18.1 Å². The molecular formula is C25H27NO5. The quantitative estimate of drug-likeness (QED) is 0.703. The third kappa shape index (κ3) is 3.38. The predicted octanol–water partition coefficient (Wildman–Crippen LogP) is 3.62. The van der Waals surface area contributed by atoms with Crippen LogP contribution in [-0.2, 0) is 27.4 Å². The zero-order chi connectivity index (χ0) is 20.9. The van der Waals surface area contributed by atoms with E-state index in [1.807, 2.05) is 18.2 Å². The summed E-state index contributed by atoms with van der Waals surface area (Å²) in [5, 5.41) is 0. The molecule has 0 spiro atoms. The van der Waals surface area contributed by atoms with Crippen molar-refractivity contribution in [1.29, 1.82) is 0 Å². The van der Waals surface area contributed by atoms with Crippen molar-refractivity contribution in [3.63, 3.8) is 0 Å². The first-order chi connectivity index (χ1) is 15.2. The molecule has 4 aliphatic rings. The van der Waals surface area contributed by atoms with E-state index in [0.717, 1.165) is 43.0 Å². The maximum absolute atomic E-state index is 11.9. The number of esters is 1. The monoisotopic (exact) mass is 421 g/mol. The van der Waals surface area contributed by atoms with Crippen molar-refractivity contribution in [2.75, 3.05) is 13.3 Å². The Labute approximate surface area is 182 Å². The minimum absolute atomic E-state index is 0.0931. The largest absolute Gasteiger partial charge is 0.460 e. The summed E-state index contributed by atoms with van der Waals surface area (Å²) in [5.74, 6) is 2.35. The third-order valence-electron chi connectivity index (χ3n) is 7.34. The summed E-state index contributed by atoms with van der Waals surface area (Å²) in [5.41, 5.74) is 3.84. The Kier molecular flexibility index (Phi) is 4.65. The van der Waals surface area contributed by atoms with Crippen molar-refractivity contribution in [3.05, 3.63) is 59.2 Å². The van der Waals surface area contributed by atoms with Crippen LogP contribution in [0.25, 0.3) is 0 Å². The summed E-state index contributed by atoms with van der Waals surface area (Å²) in [4.78, 5) is 14.4. The van der Waals surface area contributed by atoms with Crippen LogP contribution in [0.4, 0.5) is 0 Å². The maximum atomic E-state index is 11.9. The molecule has 2 aromatic carbocycles. The molecule has 1 saturated carbocycles. The van der Waals surface area contributed by atoms with Crippen LogP contribution >= 0.6 is 0 Å². The number of carbonyl (C=O) groups excluding carboxylic acids is 1. The summed E-state index contributed by atoms with van der Waals surface area (Å²) in [6.45, 7) is 4.29. The van der Waals surface area contributed by atoms with Crippen molar-refractivity contribution in [1.82, 2.24) is 4.90 Å². The molecule has 6 atom stereocenters. The fourth-order valence-electron chi connectivity index (χ4n) is 6.02. The molecule has 0 aromatic heterocycles. The van der Waals surface area contributed by atoms with Gasteiger partial charge in [0, 0.05) is 32.0 Å². The van der Waals surface area contributed by atoms with Crippen LogP contribution in [0.5, 0.6) is 11.5 Å². The highest BCUT2D eigenvalue weighted by atomic mass is 16.7. The van der Waals surface area contributed by atoms with Crippen molar-refractivity contribution in [2.24, 2.45) is 5.92 Å². The minimum Gasteiger partial charge on any atom is -0.460 e. The highest BCUT2D eigenvalue weighted by Gasteiger charge is 2.52. The second-order valence-corrected chi connectivity index (χ2v) is 9.13. The van der Waals surface area contributed by atoms with Gasteiger partial charge in [0.15, 0.2) is 11.5 Å². The van der Waals surface area contributed by atoms with Crippen molar-refractivity contribution < 1.29 is 23.7 Å². The van der Waals surface area contributed by atoms with E-state index in [9.17, 15) is 4.79 Å². The van der Waals surface area contributed by atoms with E-state index >= 15 is 0 Å². The van der Waals surface area contributed by atoms with Gasteiger partial charge in [0.1, 0.15) is 6.10 Å². The SMILES string of the molecule is CC(=O)O[C@@H]1C[C@H]2[C@H]3CN(Cc4cc5c(cc43)OCO5)[C@H]2C[C@@H]1OCc1ccccc1. The van der Waals surface area contributed by atoms with Crippen LogP contribution in [-0.4, -0.2) is 42.5 Å². The lowest BCUT2D eigenvalue weighted by Crippen LogP contribution is -2.47. The Hall–Kier alpha value is -2.57. The second kappa shape index (κ2) is 7.53. The van der Waals surface area contributed by atoms with Crippen molar-refractivity contribution in [3.8, 4) is 11.5 Å². The zero-order valence-electron chi connectivity index (χ0n) is 17.7. The topological polar surface area (TPSA) is 57.2 Å². The van der Waals surface area contributed by atoms with E-state index in [2.05, 4.69) is 29.2 Å². The Morgan fingerprint density at radius 1 is 1.10 bits per heavy atom. The Balaban J connectivity index is 1.25. The van der Waals surface area contributed by atoms with Gasteiger partial charge in [0.25, 0.3) is 0 Å². The number of hydrogen-bond acceptors (Lipinski definition) is 6. The molecule has 3 aliphatic heterocycles. The zero-order valence-corrected chi connectivity index (χ0v) is 17.7. The molecule has 1 unspecified atom stereocenters. The molecule has 6 rings (SSSR count). The number of ether oxygens (including phenoxy) is 4. The molecule has 2 aromatic rings. The van der Waals surface area contributed by atoms with Gasteiger partial charge in [-0.2, -0.15) is 0 Å². The molecule has 6 nitrogen and oxygen atoms in total. The summed E-state index contributed by atoms with van der Waals surface area (Å²) in [6, 6.07) is 15.0. The average Bonchev–Trinajstić information content (AvgIpc) is 3.34. The van der Waals surface area contributed by atoms with Gasteiger partial charge < -0.3 is 18.9 Å². The average molecular weight is 421 g/mol. The Bertz CT molecular complexity index is 993. The van der Waals surface area contributed by atoms with Crippen LogP contribution < -0.4 is 9.47 Å². The molecule has 0 amide bonds. The molecule has 0 N–H and O–H groups in total. The van der Waals surface area contributed by atoms with Crippen LogP contribution in [0.15, 0.2) is 42.5 Å². The molecule has 1 saturated heterocycles. The smallest absolute Gasteiger partial charge is 0.302 e. The van der Waals surface area contributed by atoms with Gasteiger partial charge in [-0.05, 0) is 47.6 Å². The van der Waals surface area contributed by atoms with E-state index < -0.39 is 0 Å². The molecule has 3 heterocycles. The predicted molar refractivity (Wildman–Crippen MR) is 113 cm³/mol. The van der Waals surface area contributed by atoms with Gasteiger partial charge in [-0.1, -0.05) is 30.3 Å². The van der Waals surface area contributed by atoms with Gasteiger partial charge >= 0.3 is 5.97 Å². The van der Waals surface area contributed by atoms with E-state index in [4.69, 9.17) is 18.9 Å². The highest BCUT2D eigenvalue weighted by Crippen LogP contribution is 2.52. The minimum atomic E-state index is -0.234. The standard InChI is InChI=1S/C25H27NO5/c1-15(27)31-25-9-19-20-12-26(11-17-7-22-23(8-18(17)20)30-14-29-22)21(19)10-24(25)28-13-16-5-3-2-4-6-16/h2-8,19-21,24-25H,9-14H2,1H3/t19-,20-,21-,24-,25+/m0/s1. The lowest BCUT2D eigenvalue weighted by molar-refractivity contribution is -0.163. The van der Waals surface area contributed by atoms with Crippen LogP contribution in [0.1, 0.15) is 42.4 Å². The van der Waals surface area contributed by atoms with Crippen LogP contribution in [0.3, 0.4) is 0 Å². The first-order valence-electron chi connectivity index (χ1n) is 11.1. The lowest BCUT2D eigenvalue weighted by Gasteiger charge is -2.40. The Morgan fingerprint density at radius 3 is 2.71 bits per heavy atom. The highest BCUT2D eigenvalue weighted by molar-refractivity contribution is 5.66. The third-order valence-corrected chi connectivity index (χ3v) is 7.34. The van der Waals surface area contributed by atoms with Crippen LogP contribution in [0, 0.1) is 5.92 Å². The molecule has 1 aliphatic carbocycles. The second-order valence-electron chi connectivity index (χ2n) is 9.13. The number of nitrogens with zero attached hydrogens (tertiary/aromatic N) is 1. The maximum Gasteiger partial charge on any atom is 0.302 e. The van der Waals surface area contributed by atoms with E-state index in [1.54, 1.807) is 0 Å². The van der Waals surface area contributed by atoms with Gasteiger partial charge in [-0.3, -0.25) is 9.69 Å². The molecule has 2 bridgehead atoms. The number of hydrogen-bond donors (Lipinski definition) is 0. The van der Waals surface area contributed by atoms with E-state index in [0.29, 0.717) is 31.3 Å². The first kappa shape index (κ1) is 19.1. The molecule has 31 heavy (non-hydrogen) atoms. The first-order valence-corrected chi connectivity index (χ1v) is 11.1. The summed E-state index contributed by atoms with van der Waals surface area (Å²) < 4.78 is 23.4. The number of rotatable bonds is 4. The molecule has 0 radical (unpaired) electrons. The normalized spacial score (nSPS) is 32.3. The van der Waals surface area contributed by atoms with Crippen molar-refractivity contribution >= 4 is 5.97 Å². The summed E-state index contributed by atoms with van der Waals surface area (Å²) >= 11 is 0. The molecule has 6 heteroatoms. The number of fused-ring (bicyclic) bond motifs is 8. The Morgan fingerprint density at radius 2 is 1.90 bits per heavy atom. The fraction of sp³-hybridized carbons (Fsp3) is 0.480. The molecular weight excluding hydrogens is 394 g/mol. The fourth-order valence-corrected chi connectivity index (χ4v) is 6.02. The van der Waals surface area contributed by atoms with Gasteiger partial charge in [0.05, 0.1) is 12.7 Å². The van der Waals surface area contributed by atoms with Crippen molar-refractivity contribution in [2.45, 2.75) is 57.1 Å². The number of benzene rings is 2. The summed E-state index contributed by atoms with van der Waals surface area (Å²) in [7, 11) is 0. The molecule has 2 fully saturated rings. The van der Waals surface area contributed by atoms with Gasteiger partial charge in [-0.25, -0.2) is 0 Å². The lowest BCUT2D eigenvalue weighted by atomic mass is 9.74. The van der Waals surface area contributed by atoms with Crippen LogP contribution in [0.2, 0.25) is 0 Å².